The van der Waals surface area contributed by atoms with Gasteiger partial charge < -0.3 is 4.74 Å². The minimum Gasteiger partial charge on any atom is -0.488 e. The van der Waals surface area contributed by atoms with Crippen LogP contribution >= 0.6 is 23.2 Å². The van der Waals surface area contributed by atoms with Crippen LogP contribution in [0.25, 0.3) is 0 Å². The molecular weight excluding hydrogens is 267 g/mol. The number of benzene rings is 2. The molecule has 0 N–H and O–H groups in total. The average Bonchev–Trinajstić information content (AvgIpc) is 2.40. The largest absolute Gasteiger partial charge is 0.488 e. The van der Waals surface area contributed by atoms with Crippen LogP contribution in [0.4, 0.5) is 0 Å². The van der Waals surface area contributed by atoms with E-state index in [4.69, 9.17) is 34.4 Å². The Morgan fingerprint density at radius 3 is 2.56 bits per heavy atom. The molecule has 0 spiro atoms. The molecule has 1 nitrogen and oxygen atoms in total. The molecule has 0 radical (unpaired) electrons. The molecule has 0 fully saturated rings. The molecule has 0 atom stereocenters. The number of para-hydroxylation sites is 1. The number of terminal acetylenes is 1. The van der Waals surface area contributed by atoms with E-state index in [1.807, 2.05) is 30.3 Å². The molecule has 2 aromatic rings. The summed E-state index contributed by atoms with van der Waals surface area (Å²) in [4.78, 5) is 0. The summed E-state index contributed by atoms with van der Waals surface area (Å²) in [5.41, 5.74) is 1.67. The smallest absolute Gasteiger partial charge is 0.135 e. The maximum Gasteiger partial charge on any atom is 0.135 e. The van der Waals surface area contributed by atoms with Gasteiger partial charge in [0.1, 0.15) is 12.4 Å². The van der Waals surface area contributed by atoms with E-state index in [0.29, 0.717) is 22.4 Å². The second-order valence-corrected chi connectivity index (χ2v) is 4.49. The van der Waals surface area contributed by atoms with Crippen molar-refractivity contribution < 1.29 is 4.74 Å². The van der Waals surface area contributed by atoms with E-state index in [-0.39, 0.29) is 0 Å². The maximum atomic E-state index is 5.93. The van der Waals surface area contributed by atoms with Gasteiger partial charge in [0, 0.05) is 0 Å². The summed E-state index contributed by atoms with van der Waals surface area (Å²) in [5, 5.41) is 1.05. The molecule has 0 aliphatic rings. The minimum absolute atomic E-state index is 0.398. The van der Waals surface area contributed by atoms with Gasteiger partial charge in [-0.25, -0.2) is 0 Å². The fourth-order valence-corrected chi connectivity index (χ4v) is 1.82. The monoisotopic (exact) mass is 276 g/mol. The van der Waals surface area contributed by atoms with Crippen LogP contribution in [0.1, 0.15) is 11.1 Å². The third kappa shape index (κ3) is 2.98. The molecule has 2 rings (SSSR count). The fourth-order valence-electron chi connectivity index (χ4n) is 1.50. The van der Waals surface area contributed by atoms with E-state index in [1.165, 1.54) is 0 Å². The van der Waals surface area contributed by atoms with Crippen LogP contribution < -0.4 is 4.74 Å². The summed E-state index contributed by atoms with van der Waals surface area (Å²) in [6.07, 6.45) is 5.40. The van der Waals surface area contributed by atoms with E-state index in [0.717, 1.165) is 11.1 Å². The van der Waals surface area contributed by atoms with Gasteiger partial charge in [0.15, 0.2) is 0 Å². The highest BCUT2D eigenvalue weighted by Gasteiger charge is 2.03. The Morgan fingerprint density at radius 2 is 1.83 bits per heavy atom. The quantitative estimate of drug-likeness (QED) is 0.747. The highest BCUT2D eigenvalue weighted by Crippen LogP contribution is 2.24. The molecular formula is C15H10Cl2O. The fraction of sp³-hybridized carbons (Fsp3) is 0.0667. The molecule has 0 amide bonds. The van der Waals surface area contributed by atoms with Gasteiger partial charge in [0.05, 0.1) is 15.6 Å². The van der Waals surface area contributed by atoms with Crippen LogP contribution in [0, 0.1) is 12.3 Å². The van der Waals surface area contributed by atoms with Gasteiger partial charge in [-0.2, -0.15) is 0 Å². The highest BCUT2D eigenvalue weighted by atomic mass is 35.5. The first-order valence-electron chi connectivity index (χ1n) is 5.33. The van der Waals surface area contributed by atoms with Crippen molar-refractivity contribution in [2.45, 2.75) is 6.61 Å². The second kappa shape index (κ2) is 5.82. The maximum absolute atomic E-state index is 5.93. The van der Waals surface area contributed by atoms with Gasteiger partial charge in [-0.15, -0.1) is 6.42 Å². The molecule has 0 saturated heterocycles. The molecule has 0 aliphatic carbocycles. The molecule has 0 bridgehead atoms. The summed E-state index contributed by atoms with van der Waals surface area (Å²) < 4.78 is 5.66. The summed E-state index contributed by atoms with van der Waals surface area (Å²) in [6.45, 7) is 0.398. The zero-order valence-electron chi connectivity index (χ0n) is 9.49. The lowest BCUT2D eigenvalue weighted by molar-refractivity contribution is 0.305. The summed E-state index contributed by atoms with van der Waals surface area (Å²) in [7, 11) is 0. The van der Waals surface area contributed by atoms with Crippen LogP contribution in [0.2, 0.25) is 10.0 Å². The Balaban J connectivity index is 2.12. The first kappa shape index (κ1) is 12.8. The number of rotatable bonds is 3. The van der Waals surface area contributed by atoms with Crippen molar-refractivity contribution in [1.29, 1.82) is 0 Å². The number of hydrogen-bond acceptors (Lipinski definition) is 1. The van der Waals surface area contributed by atoms with Gasteiger partial charge in [-0.3, -0.25) is 0 Å². The average molecular weight is 277 g/mol. The van der Waals surface area contributed by atoms with Crippen molar-refractivity contribution in [2.75, 3.05) is 0 Å². The predicted octanol–water partition coefficient (Wildman–Crippen LogP) is 4.55. The molecule has 0 aromatic heterocycles. The standard InChI is InChI=1S/C15H10Cl2O/c1-2-12-5-3-4-6-15(12)18-10-11-7-8-13(16)14(17)9-11/h1,3-9H,10H2. The van der Waals surface area contributed by atoms with E-state index in [1.54, 1.807) is 12.1 Å². The van der Waals surface area contributed by atoms with Gasteiger partial charge >= 0.3 is 0 Å². The Hall–Kier alpha value is -1.62. The first-order valence-corrected chi connectivity index (χ1v) is 6.08. The summed E-state index contributed by atoms with van der Waals surface area (Å²) in [5.74, 6) is 3.27. The van der Waals surface area contributed by atoms with Crippen molar-refractivity contribution in [1.82, 2.24) is 0 Å². The lowest BCUT2D eigenvalue weighted by Gasteiger charge is -2.08. The van der Waals surface area contributed by atoms with E-state index in [9.17, 15) is 0 Å². The van der Waals surface area contributed by atoms with Crippen molar-refractivity contribution in [2.24, 2.45) is 0 Å². The van der Waals surface area contributed by atoms with Crippen molar-refractivity contribution in [3.63, 3.8) is 0 Å². The molecule has 0 saturated carbocycles. The van der Waals surface area contributed by atoms with Crippen molar-refractivity contribution >= 4 is 23.2 Å². The third-order valence-electron chi connectivity index (χ3n) is 2.42. The molecule has 18 heavy (non-hydrogen) atoms. The van der Waals surface area contributed by atoms with Gasteiger partial charge in [0.25, 0.3) is 0 Å². The van der Waals surface area contributed by atoms with Gasteiger partial charge in [-0.05, 0) is 29.8 Å². The lowest BCUT2D eigenvalue weighted by atomic mass is 10.2. The number of ether oxygens (including phenoxy) is 1. The lowest BCUT2D eigenvalue weighted by Crippen LogP contribution is -1.97. The highest BCUT2D eigenvalue weighted by molar-refractivity contribution is 6.42. The Labute approximate surface area is 116 Å². The topological polar surface area (TPSA) is 9.23 Å². The van der Waals surface area contributed by atoms with Gasteiger partial charge in [0.2, 0.25) is 0 Å². The molecule has 0 aliphatic heterocycles. The summed E-state index contributed by atoms with van der Waals surface area (Å²) >= 11 is 11.8. The first-order chi connectivity index (χ1) is 8.70. The van der Waals surface area contributed by atoms with Crippen LogP contribution in [0.5, 0.6) is 5.75 Å². The predicted molar refractivity (Wildman–Crippen MR) is 75.2 cm³/mol. The Kier molecular flexibility index (Phi) is 4.15. The SMILES string of the molecule is C#Cc1ccccc1OCc1ccc(Cl)c(Cl)c1. The molecule has 2 aromatic carbocycles. The van der Waals surface area contributed by atoms with Crippen LogP contribution in [-0.2, 0) is 6.61 Å². The van der Waals surface area contributed by atoms with E-state index in [2.05, 4.69) is 5.92 Å². The van der Waals surface area contributed by atoms with Crippen molar-refractivity contribution in [3.8, 4) is 18.1 Å². The van der Waals surface area contributed by atoms with Crippen molar-refractivity contribution in [3.05, 3.63) is 63.6 Å². The van der Waals surface area contributed by atoms with Crippen LogP contribution in [0.15, 0.2) is 42.5 Å². The second-order valence-electron chi connectivity index (χ2n) is 3.68. The van der Waals surface area contributed by atoms with Crippen LogP contribution in [0.3, 0.4) is 0 Å². The third-order valence-corrected chi connectivity index (χ3v) is 3.16. The van der Waals surface area contributed by atoms with Gasteiger partial charge in [-0.1, -0.05) is 47.3 Å². The molecule has 90 valence electrons. The van der Waals surface area contributed by atoms with E-state index >= 15 is 0 Å². The summed E-state index contributed by atoms with van der Waals surface area (Å²) in [6, 6.07) is 12.8. The molecule has 0 unspecified atom stereocenters. The normalized spacial score (nSPS) is 9.83. The molecule has 0 heterocycles. The van der Waals surface area contributed by atoms with E-state index < -0.39 is 0 Å². The number of hydrogen-bond donors (Lipinski definition) is 0. The zero-order chi connectivity index (χ0) is 13.0. The number of halogens is 2. The Morgan fingerprint density at radius 1 is 1.06 bits per heavy atom. The Bertz CT molecular complexity index is 600. The minimum atomic E-state index is 0.398. The molecule has 3 heteroatoms. The van der Waals surface area contributed by atoms with Crippen LogP contribution in [-0.4, -0.2) is 0 Å². The zero-order valence-corrected chi connectivity index (χ0v) is 11.0.